The number of nitrogens with one attached hydrogen (secondary N) is 2. The third-order valence-corrected chi connectivity index (χ3v) is 6.06. The molecule has 0 atom stereocenters. The van der Waals surface area contributed by atoms with Crippen molar-refractivity contribution < 1.29 is 9.59 Å². The van der Waals surface area contributed by atoms with Gasteiger partial charge in [0.2, 0.25) is 5.91 Å². The molecule has 3 aliphatic rings. The Bertz CT molecular complexity index is 885. The first-order chi connectivity index (χ1) is 13.6. The van der Waals surface area contributed by atoms with Crippen LogP contribution in [0, 0.1) is 11.8 Å². The van der Waals surface area contributed by atoms with Crippen LogP contribution in [0.1, 0.15) is 36.0 Å². The van der Waals surface area contributed by atoms with Crippen LogP contribution in [0.4, 0.5) is 11.5 Å². The van der Waals surface area contributed by atoms with Crippen LogP contribution in [0.25, 0.3) is 0 Å². The zero-order valence-electron chi connectivity index (χ0n) is 15.6. The molecule has 0 bridgehead atoms. The van der Waals surface area contributed by atoms with Gasteiger partial charge in [-0.05, 0) is 68.0 Å². The standard InChI is InChI=1S/C21H23N5O2/c27-19(15-12-26(13-15)18-2-1-11-22-25-18)23-17-7-3-14(4-8-17)20(28)24-21(9-10-21)16-5-6-16/h1-4,7-8,11,15-16H,5-6,9-10,12-13H2,(H,23,27)(H,24,28). The molecular weight excluding hydrogens is 354 g/mol. The van der Waals surface area contributed by atoms with Crippen LogP contribution >= 0.6 is 0 Å². The summed E-state index contributed by atoms with van der Waals surface area (Å²) in [4.78, 5) is 26.9. The Morgan fingerprint density at radius 1 is 1.07 bits per heavy atom. The minimum atomic E-state index is -0.0711. The normalized spacial score (nSPS) is 20.2. The molecule has 1 aromatic heterocycles. The average molecular weight is 377 g/mol. The fourth-order valence-corrected chi connectivity index (χ4v) is 3.95. The summed E-state index contributed by atoms with van der Waals surface area (Å²) in [6.07, 6.45) is 6.31. The van der Waals surface area contributed by atoms with Gasteiger partial charge in [0, 0.05) is 36.1 Å². The second-order valence-corrected chi connectivity index (χ2v) is 8.13. The average Bonchev–Trinajstić information content (AvgIpc) is 3.56. The molecule has 0 radical (unpaired) electrons. The summed E-state index contributed by atoms with van der Waals surface area (Å²) in [5.41, 5.74) is 1.42. The first-order valence-corrected chi connectivity index (χ1v) is 9.89. The highest BCUT2D eigenvalue weighted by Gasteiger charge is 2.54. The lowest BCUT2D eigenvalue weighted by atomic mass is 9.99. The number of aromatic nitrogens is 2. The molecule has 1 saturated heterocycles. The van der Waals surface area contributed by atoms with Crippen LogP contribution in [0.2, 0.25) is 0 Å². The smallest absolute Gasteiger partial charge is 0.251 e. The van der Waals surface area contributed by atoms with E-state index >= 15 is 0 Å². The minimum Gasteiger partial charge on any atom is -0.353 e. The van der Waals surface area contributed by atoms with Gasteiger partial charge in [0.1, 0.15) is 0 Å². The quantitative estimate of drug-likeness (QED) is 0.806. The van der Waals surface area contributed by atoms with Crippen LogP contribution in [-0.4, -0.2) is 40.6 Å². The number of benzene rings is 1. The van der Waals surface area contributed by atoms with Crippen molar-refractivity contribution in [3.05, 3.63) is 48.2 Å². The molecule has 1 aliphatic heterocycles. The monoisotopic (exact) mass is 377 g/mol. The van der Waals surface area contributed by atoms with Gasteiger partial charge < -0.3 is 15.5 Å². The molecule has 2 aliphatic carbocycles. The lowest BCUT2D eigenvalue weighted by molar-refractivity contribution is -0.120. The molecular formula is C21H23N5O2. The molecule has 0 spiro atoms. The summed E-state index contributed by atoms with van der Waals surface area (Å²) in [5, 5.41) is 14.1. The van der Waals surface area contributed by atoms with E-state index in [1.165, 1.54) is 12.8 Å². The number of hydrogen-bond acceptors (Lipinski definition) is 5. The van der Waals surface area contributed by atoms with Gasteiger partial charge in [-0.2, -0.15) is 5.10 Å². The van der Waals surface area contributed by atoms with Crippen LogP contribution in [0.15, 0.2) is 42.6 Å². The predicted molar refractivity (Wildman–Crippen MR) is 105 cm³/mol. The van der Waals surface area contributed by atoms with E-state index in [9.17, 15) is 9.59 Å². The number of carbonyl (C=O) groups excluding carboxylic acids is 2. The van der Waals surface area contributed by atoms with Gasteiger partial charge >= 0.3 is 0 Å². The van der Waals surface area contributed by atoms with E-state index in [4.69, 9.17) is 0 Å². The van der Waals surface area contributed by atoms with Crippen LogP contribution in [0.5, 0.6) is 0 Å². The summed E-state index contributed by atoms with van der Waals surface area (Å²) in [6.45, 7) is 1.27. The van der Waals surface area contributed by atoms with E-state index in [-0.39, 0.29) is 23.3 Å². The van der Waals surface area contributed by atoms with Gasteiger partial charge in [0.25, 0.3) is 5.91 Å². The SMILES string of the molecule is O=C(NC1(C2CC2)CC1)c1ccc(NC(=O)C2CN(c3cccnn3)C2)cc1. The fourth-order valence-electron chi connectivity index (χ4n) is 3.95. The van der Waals surface area contributed by atoms with Crippen molar-refractivity contribution in [2.75, 3.05) is 23.3 Å². The van der Waals surface area contributed by atoms with Crippen LogP contribution < -0.4 is 15.5 Å². The number of amides is 2. The lowest BCUT2D eigenvalue weighted by Gasteiger charge is -2.38. The van der Waals surface area contributed by atoms with Crippen molar-refractivity contribution in [3.8, 4) is 0 Å². The number of carbonyl (C=O) groups is 2. The second kappa shape index (κ2) is 6.58. The summed E-state index contributed by atoms with van der Waals surface area (Å²) < 4.78 is 0. The molecule has 2 aromatic rings. The molecule has 2 saturated carbocycles. The number of hydrogen-bond donors (Lipinski definition) is 2. The summed E-state index contributed by atoms with van der Waals surface area (Å²) in [6, 6.07) is 10.9. The van der Waals surface area contributed by atoms with Crippen molar-refractivity contribution in [3.63, 3.8) is 0 Å². The number of nitrogens with zero attached hydrogens (tertiary/aromatic N) is 3. The maximum Gasteiger partial charge on any atom is 0.251 e. The zero-order chi connectivity index (χ0) is 19.1. The maximum absolute atomic E-state index is 12.5. The summed E-state index contributed by atoms with van der Waals surface area (Å²) in [5.74, 6) is 1.38. The fraction of sp³-hybridized carbons (Fsp3) is 0.429. The molecule has 3 fully saturated rings. The zero-order valence-corrected chi connectivity index (χ0v) is 15.6. The number of anilines is 2. The number of rotatable bonds is 6. The van der Waals surface area contributed by atoms with E-state index in [1.54, 1.807) is 30.5 Å². The van der Waals surface area contributed by atoms with Gasteiger partial charge in [0.05, 0.1) is 5.92 Å². The molecule has 5 rings (SSSR count). The molecule has 1 aromatic carbocycles. The van der Waals surface area contributed by atoms with Crippen molar-refractivity contribution >= 4 is 23.3 Å². The van der Waals surface area contributed by atoms with Crippen molar-refractivity contribution in [1.82, 2.24) is 15.5 Å². The van der Waals surface area contributed by atoms with Crippen molar-refractivity contribution in [2.24, 2.45) is 11.8 Å². The van der Waals surface area contributed by atoms with Gasteiger partial charge in [-0.25, -0.2) is 0 Å². The van der Waals surface area contributed by atoms with Gasteiger partial charge in [-0.1, -0.05) is 0 Å². The van der Waals surface area contributed by atoms with E-state index in [0.29, 0.717) is 30.3 Å². The topological polar surface area (TPSA) is 87.2 Å². The van der Waals surface area contributed by atoms with Gasteiger partial charge in [-0.3, -0.25) is 9.59 Å². The van der Waals surface area contributed by atoms with Crippen LogP contribution in [-0.2, 0) is 4.79 Å². The molecule has 0 unspecified atom stereocenters. The Hall–Kier alpha value is -2.96. The Morgan fingerprint density at radius 3 is 2.43 bits per heavy atom. The molecule has 7 heteroatoms. The highest BCUT2D eigenvalue weighted by atomic mass is 16.2. The van der Waals surface area contributed by atoms with Crippen LogP contribution in [0.3, 0.4) is 0 Å². The third-order valence-electron chi connectivity index (χ3n) is 6.06. The largest absolute Gasteiger partial charge is 0.353 e. The van der Waals surface area contributed by atoms with Crippen molar-refractivity contribution in [2.45, 2.75) is 31.2 Å². The first-order valence-electron chi connectivity index (χ1n) is 9.89. The highest BCUT2D eigenvalue weighted by Crippen LogP contribution is 2.53. The lowest BCUT2D eigenvalue weighted by Crippen LogP contribution is -2.52. The van der Waals surface area contributed by atoms with Gasteiger partial charge in [0.15, 0.2) is 5.82 Å². The molecule has 144 valence electrons. The maximum atomic E-state index is 12.5. The highest BCUT2D eigenvalue weighted by molar-refractivity contribution is 5.97. The summed E-state index contributed by atoms with van der Waals surface area (Å²) >= 11 is 0. The van der Waals surface area contributed by atoms with Crippen molar-refractivity contribution in [1.29, 1.82) is 0 Å². The van der Waals surface area contributed by atoms with E-state index in [1.807, 2.05) is 17.0 Å². The first kappa shape index (κ1) is 17.2. The Labute approximate surface area is 163 Å². The third kappa shape index (κ3) is 3.32. The van der Waals surface area contributed by atoms with Gasteiger partial charge in [-0.15, -0.1) is 5.10 Å². The predicted octanol–water partition coefficient (Wildman–Crippen LogP) is 2.22. The Morgan fingerprint density at radius 2 is 1.82 bits per heavy atom. The second-order valence-electron chi connectivity index (χ2n) is 8.13. The molecule has 2 N–H and O–H groups in total. The van der Waals surface area contributed by atoms with E-state index < -0.39 is 0 Å². The van der Waals surface area contributed by atoms with E-state index in [2.05, 4.69) is 20.8 Å². The Balaban J connectivity index is 1.13. The Kier molecular flexibility index (Phi) is 4.03. The van der Waals surface area contributed by atoms with E-state index in [0.717, 1.165) is 18.7 Å². The molecule has 2 heterocycles. The summed E-state index contributed by atoms with van der Waals surface area (Å²) in [7, 11) is 0. The molecule has 7 nitrogen and oxygen atoms in total. The molecule has 2 amide bonds. The molecule has 28 heavy (non-hydrogen) atoms. The minimum absolute atomic E-state index is 0.0111.